The maximum atomic E-state index is 12.1. The van der Waals surface area contributed by atoms with Crippen LogP contribution in [0.5, 0.6) is 0 Å². The molecule has 1 amide bonds. The lowest BCUT2D eigenvalue weighted by Crippen LogP contribution is -2.52. The van der Waals surface area contributed by atoms with Gasteiger partial charge in [-0.05, 0) is 37.7 Å². The standard InChI is InChI=1S/C14H22N4O/c1-17-8-10-18(11-9-17)16-14(19)13-4-2-12(3-5-13)6-7-15/h2-5H,6-11,15H2,1H3,(H,16,19). The van der Waals surface area contributed by atoms with Crippen LogP contribution in [-0.2, 0) is 6.42 Å². The molecule has 5 heteroatoms. The third-order valence-electron chi connectivity index (χ3n) is 3.41. The summed E-state index contributed by atoms with van der Waals surface area (Å²) in [5, 5.41) is 1.98. The van der Waals surface area contributed by atoms with Gasteiger partial charge in [0.15, 0.2) is 0 Å². The van der Waals surface area contributed by atoms with E-state index >= 15 is 0 Å². The number of benzene rings is 1. The molecule has 1 aliphatic heterocycles. The zero-order valence-electron chi connectivity index (χ0n) is 11.4. The number of amides is 1. The third-order valence-corrected chi connectivity index (χ3v) is 3.41. The summed E-state index contributed by atoms with van der Waals surface area (Å²) in [6.07, 6.45) is 0.848. The van der Waals surface area contributed by atoms with Gasteiger partial charge in [-0.15, -0.1) is 0 Å². The number of piperazine rings is 1. The largest absolute Gasteiger partial charge is 0.330 e. The van der Waals surface area contributed by atoms with Crippen LogP contribution in [0, 0.1) is 0 Å². The monoisotopic (exact) mass is 262 g/mol. The van der Waals surface area contributed by atoms with Gasteiger partial charge in [0.2, 0.25) is 0 Å². The molecule has 1 fully saturated rings. The highest BCUT2D eigenvalue weighted by molar-refractivity contribution is 5.93. The van der Waals surface area contributed by atoms with Crippen LogP contribution in [0.2, 0.25) is 0 Å². The number of nitrogens with one attached hydrogen (secondary N) is 1. The van der Waals surface area contributed by atoms with Gasteiger partial charge in [0.05, 0.1) is 0 Å². The van der Waals surface area contributed by atoms with Crippen LogP contribution in [-0.4, -0.2) is 55.6 Å². The Hall–Kier alpha value is -1.43. The number of hydrogen-bond donors (Lipinski definition) is 2. The molecule has 1 aromatic rings. The van der Waals surface area contributed by atoms with E-state index in [4.69, 9.17) is 5.73 Å². The first-order chi connectivity index (χ1) is 9.19. The zero-order chi connectivity index (χ0) is 13.7. The molecule has 0 bridgehead atoms. The zero-order valence-corrected chi connectivity index (χ0v) is 11.4. The van der Waals surface area contributed by atoms with E-state index in [1.807, 2.05) is 29.3 Å². The van der Waals surface area contributed by atoms with E-state index in [0.717, 1.165) is 32.6 Å². The van der Waals surface area contributed by atoms with Gasteiger partial charge in [-0.2, -0.15) is 0 Å². The topological polar surface area (TPSA) is 61.6 Å². The van der Waals surface area contributed by atoms with Crippen LogP contribution in [0.3, 0.4) is 0 Å². The number of likely N-dealkylation sites (N-methyl/N-ethyl adjacent to an activating group) is 1. The molecular weight excluding hydrogens is 240 g/mol. The number of hydrazine groups is 1. The van der Waals surface area contributed by atoms with Gasteiger partial charge in [0, 0.05) is 31.7 Å². The summed E-state index contributed by atoms with van der Waals surface area (Å²) in [5.41, 5.74) is 10.3. The van der Waals surface area contributed by atoms with Crippen molar-refractivity contribution in [1.82, 2.24) is 15.3 Å². The summed E-state index contributed by atoms with van der Waals surface area (Å²) < 4.78 is 0. The van der Waals surface area contributed by atoms with Crippen LogP contribution in [0.15, 0.2) is 24.3 Å². The lowest BCUT2D eigenvalue weighted by atomic mass is 10.1. The summed E-state index contributed by atoms with van der Waals surface area (Å²) in [6.45, 7) is 4.33. The van der Waals surface area contributed by atoms with Gasteiger partial charge in [-0.25, -0.2) is 5.01 Å². The Bertz CT molecular complexity index is 410. The third kappa shape index (κ3) is 4.02. The predicted octanol–water partition coefficient (Wildman–Crippen LogP) is 0.0800. The van der Waals surface area contributed by atoms with E-state index in [-0.39, 0.29) is 5.91 Å². The average molecular weight is 262 g/mol. The second-order valence-electron chi connectivity index (χ2n) is 4.97. The van der Waals surface area contributed by atoms with Gasteiger partial charge in [0.25, 0.3) is 5.91 Å². The maximum Gasteiger partial charge on any atom is 0.265 e. The lowest BCUT2D eigenvalue weighted by molar-refractivity contribution is 0.0662. The summed E-state index contributed by atoms with van der Waals surface area (Å²) in [4.78, 5) is 14.3. The number of carbonyl (C=O) groups excluding carboxylic acids is 1. The summed E-state index contributed by atoms with van der Waals surface area (Å²) in [5.74, 6) is -0.0381. The number of hydrogen-bond acceptors (Lipinski definition) is 4. The molecule has 104 valence electrons. The summed E-state index contributed by atoms with van der Waals surface area (Å²) in [6, 6.07) is 7.64. The second kappa shape index (κ2) is 6.65. The van der Waals surface area contributed by atoms with Crippen molar-refractivity contribution in [1.29, 1.82) is 0 Å². The van der Waals surface area contributed by atoms with Crippen molar-refractivity contribution in [2.45, 2.75) is 6.42 Å². The van der Waals surface area contributed by atoms with Crippen molar-refractivity contribution in [3.05, 3.63) is 35.4 Å². The molecule has 0 saturated carbocycles. The lowest BCUT2D eigenvalue weighted by Gasteiger charge is -2.32. The molecular formula is C14H22N4O. The van der Waals surface area contributed by atoms with E-state index < -0.39 is 0 Å². The van der Waals surface area contributed by atoms with Gasteiger partial charge in [0.1, 0.15) is 0 Å². The van der Waals surface area contributed by atoms with Gasteiger partial charge < -0.3 is 10.6 Å². The van der Waals surface area contributed by atoms with Crippen molar-refractivity contribution in [2.75, 3.05) is 39.8 Å². The molecule has 1 heterocycles. The van der Waals surface area contributed by atoms with Crippen molar-refractivity contribution < 1.29 is 4.79 Å². The van der Waals surface area contributed by atoms with Crippen LogP contribution in [0.1, 0.15) is 15.9 Å². The Balaban J connectivity index is 1.88. The minimum atomic E-state index is -0.0381. The molecule has 5 nitrogen and oxygen atoms in total. The fourth-order valence-electron chi connectivity index (χ4n) is 2.12. The molecule has 2 rings (SSSR count). The van der Waals surface area contributed by atoms with Crippen molar-refractivity contribution in [3.8, 4) is 0 Å². The minimum Gasteiger partial charge on any atom is -0.330 e. The van der Waals surface area contributed by atoms with E-state index in [1.54, 1.807) is 0 Å². The molecule has 0 atom stereocenters. The van der Waals surface area contributed by atoms with Gasteiger partial charge in [-0.3, -0.25) is 10.2 Å². The molecule has 1 aromatic carbocycles. The normalized spacial score (nSPS) is 17.4. The predicted molar refractivity (Wildman–Crippen MR) is 75.7 cm³/mol. The number of nitrogens with two attached hydrogens (primary N) is 1. The SMILES string of the molecule is CN1CCN(NC(=O)c2ccc(CCN)cc2)CC1. The second-order valence-corrected chi connectivity index (χ2v) is 4.97. The summed E-state index contributed by atoms with van der Waals surface area (Å²) >= 11 is 0. The number of nitrogens with zero attached hydrogens (tertiary/aromatic N) is 2. The van der Waals surface area contributed by atoms with Crippen molar-refractivity contribution in [2.24, 2.45) is 5.73 Å². The number of rotatable bonds is 4. The first kappa shape index (κ1) is 14.0. The molecule has 19 heavy (non-hydrogen) atoms. The average Bonchev–Trinajstić information content (AvgIpc) is 2.42. The van der Waals surface area contributed by atoms with Crippen LogP contribution in [0.25, 0.3) is 0 Å². The molecule has 0 radical (unpaired) electrons. The van der Waals surface area contributed by atoms with Gasteiger partial charge >= 0.3 is 0 Å². The van der Waals surface area contributed by atoms with E-state index in [1.165, 1.54) is 5.56 Å². The van der Waals surface area contributed by atoms with Gasteiger partial charge in [-0.1, -0.05) is 12.1 Å². The molecule has 0 unspecified atom stereocenters. The Labute approximate surface area is 114 Å². The highest BCUT2D eigenvalue weighted by atomic mass is 16.2. The Morgan fingerprint density at radius 2 is 1.84 bits per heavy atom. The maximum absolute atomic E-state index is 12.1. The van der Waals surface area contributed by atoms with Crippen LogP contribution < -0.4 is 11.2 Å². The molecule has 0 aliphatic carbocycles. The fourth-order valence-corrected chi connectivity index (χ4v) is 2.12. The first-order valence-corrected chi connectivity index (χ1v) is 6.72. The van der Waals surface area contributed by atoms with Crippen molar-refractivity contribution in [3.63, 3.8) is 0 Å². The molecule has 1 aliphatic rings. The van der Waals surface area contributed by atoms with Crippen molar-refractivity contribution >= 4 is 5.91 Å². The number of carbonyl (C=O) groups is 1. The Morgan fingerprint density at radius 1 is 1.21 bits per heavy atom. The first-order valence-electron chi connectivity index (χ1n) is 6.72. The molecule has 0 spiro atoms. The minimum absolute atomic E-state index is 0.0381. The highest BCUT2D eigenvalue weighted by Gasteiger charge is 2.16. The Morgan fingerprint density at radius 3 is 2.42 bits per heavy atom. The quantitative estimate of drug-likeness (QED) is 0.807. The van der Waals surface area contributed by atoms with E-state index in [2.05, 4.69) is 17.4 Å². The highest BCUT2D eigenvalue weighted by Crippen LogP contribution is 2.05. The molecule has 3 N–H and O–H groups in total. The smallest absolute Gasteiger partial charge is 0.265 e. The fraction of sp³-hybridized carbons (Fsp3) is 0.500. The van der Waals surface area contributed by atoms with Crippen LogP contribution in [0.4, 0.5) is 0 Å². The Kier molecular flexibility index (Phi) is 4.90. The molecule has 0 aromatic heterocycles. The van der Waals surface area contributed by atoms with E-state index in [0.29, 0.717) is 12.1 Å². The molecule has 1 saturated heterocycles. The summed E-state index contributed by atoms with van der Waals surface area (Å²) in [7, 11) is 2.09. The van der Waals surface area contributed by atoms with E-state index in [9.17, 15) is 4.79 Å². The van der Waals surface area contributed by atoms with Crippen LogP contribution >= 0.6 is 0 Å².